The number of unbranched alkanes of at least 4 members (excludes halogenated alkanes) is 2. The molecule has 0 saturated heterocycles. The van der Waals surface area contributed by atoms with Crippen LogP contribution >= 0.6 is 0 Å². The fourth-order valence-electron chi connectivity index (χ4n) is 3.14. The third-order valence-electron chi connectivity index (χ3n) is 4.29. The summed E-state index contributed by atoms with van der Waals surface area (Å²) in [5.74, 6) is 0.658. The zero-order chi connectivity index (χ0) is 15.3. The van der Waals surface area contributed by atoms with Gasteiger partial charge in [-0.15, -0.1) is 0 Å². The molecule has 1 heterocycles. The minimum absolute atomic E-state index is 0.147. The van der Waals surface area contributed by atoms with Crippen molar-refractivity contribution in [2.75, 3.05) is 6.54 Å². The van der Waals surface area contributed by atoms with Gasteiger partial charge in [-0.05, 0) is 50.9 Å². The van der Waals surface area contributed by atoms with E-state index in [0.717, 1.165) is 37.1 Å². The minimum atomic E-state index is -0.185. The number of hydrogen-bond donors (Lipinski definition) is 1. The van der Waals surface area contributed by atoms with Gasteiger partial charge >= 0.3 is 0 Å². The highest BCUT2D eigenvalue weighted by molar-refractivity contribution is 5.39. The lowest BCUT2D eigenvalue weighted by molar-refractivity contribution is 0.0371. The smallest absolute Gasteiger partial charge is 0.125 e. The fourth-order valence-corrected chi connectivity index (χ4v) is 3.14. The summed E-state index contributed by atoms with van der Waals surface area (Å²) in [5.41, 5.74) is 0.821. The van der Waals surface area contributed by atoms with Gasteiger partial charge in [-0.1, -0.05) is 26.7 Å². The standard InChI is InChI=1S/C18H28FNO/c1-4-6-7-10-18(3)13-16(20-11-5-2)15-12-14(19)8-9-17(15)21-18/h8-9,12,16,20H,4-7,10-11,13H2,1-3H3. The van der Waals surface area contributed by atoms with E-state index < -0.39 is 0 Å². The molecule has 21 heavy (non-hydrogen) atoms. The third-order valence-corrected chi connectivity index (χ3v) is 4.29. The van der Waals surface area contributed by atoms with Crippen LogP contribution in [0.5, 0.6) is 5.75 Å². The molecule has 0 spiro atoms. The van der Waals surface area contributed by atoms with Crippen molar-refractivity contribution in [2.24, 2.45) is 0 Å². The van der Waals surface area contributed by atoms with E-state index in [1.807, 2.05) is 0 Å². The van der Waals surface area contributed by atoms with E-state index in [2.05, 4.69) is 26.1 Å². The van der Waals surface area contributed by atoms with Crippen LogP contribution in [0.25, 0.3) is 0 Å². The van der Waals surface area contributed by atoms with Crippen LogP contribution in [-0.2, 0) is 0 Å². The topological polar surface area (TPSA) is 21.3 Å². The Morgan fingerprint density at radius 1 is 1.29 bits per heavy atom. The van der Waals surface area contributed by atoms with Crippen LogP contribution in [-0.4, -0.2) is 12.1 Å². The maximum Gasteiger partial charge on any atom is 0.125 e. The minimum Gasteiger partial charge on any atom is -0.487 e. The van der Waals surface area contributed by atoms with Crippen LogP contribution in [0.3, 0.4) is 0 Å². The average Bonchev–Trinajstić information content (AvgIpc) is 2.45. The molecule has 1 aromatic carbocycles. The number of ether oxygens (including phenoxy) is 1. The summed E-state index contributed by atoms with van der Waals surface area (Å²) >= 11 is 0. The Morgan fingerprint density at radius 2 is 2.10 bits per heavy atom. The highest BCUT2D eigenvalue weighted by Gasteiger charge is 2.36. The molecule has 1 aromatic rings. The second-order valence-electron chi connectivity index (χ2n) is 6.40. The summed E-state index contributed by atoms with van der Waals surface area (Å²) in [5, 5.41) is 3.55. The van der Waals surface area contributed by atoms with E-state index in [9.17, 15) is 4.39 Å². The van der Waals surface area contributed by atoms with Crippen LogP contribution in [0, 0.1) is 5.82 Å². The van der Waals surface area contributed by atoms with Gasteiger partial charge in [0, 0.05) is 18.0 Å². The van der Waals surface area contributed by atoms with E-state index in [-0.39, 0.29) is 17.5 Å². The van der Waals surface area contributed by atoms with E-state index in [1.165, 1.54) is 25.3 Å². The lowest BCUT2D eigenvalue weighted by atomic mass is 9.85. The molecule has 0 radical (unpaired) electrons. The van der Waals surface area contributed by atoms with Gasteiger partial charge in [0.2, 0.25) is 0 Å². The molecular formula is C18H28FNO. The molecule has 1 N–H and O–H groups in total. The van der Waals surface area contributed by atoms with Crippen molar-refractivity contribution in [3.63, 3.8) is 0 Å². The van der Waals surface area contributed by atoms with Crippen LogP contribution in [0.2, 0.25) is 0 Å². The first kappa shape index (κ1) is 16.3. The predicted molar refractivity (Wildman–Crippen MR) is 85.2 cm³/mol. The first-order valence-electron chi connectivity index (χ1n) is 8.30. The highest BCUT2D eigenvalue weighted by Crippen LogP contribution is 2.42. The molecule has 2 atom stereocenters. The predicted octanol–water partition coefficient (Wildman–Crippen LogP) is 4.99. The first-order valence-corrected chi connectivity index (χ1v) is 8.30. The number of fused-ring (bicyclic) bond motifs is 1. The summed E-state index contributed by atoms with van der Waals surface area (Å²) in [6.45, 7) is 7.51. The van der Waals surface area contributed by atoms with Crippen LogP contribution in [0.15, 0.2) is 18.2 Å². The van der Waals surface area contributed by atoms with E-state index in [0.29, 0.717) is 0 Å². The third kappa shape index (κ3) is 4.19. The highest BCUT2D eigenvalue weighted by atomic mass is 19.1. The zero-order valence-corrected chi connectivity index (χ0v) is 13.5. The summed E-state index contributed by atoms with van der Waals surface area (Å²) in [4.78, 5) is 0. The van der Waals surface area contributed by atoms with Crippen LogP contribution in [0.1, 0.15) is 70.9 Å². The van der Waals surface area contributed by atoms with Gasteiger partial charge in [-0.2, -0.15) is 0 Å². The molecule has 3 heteroatoms. The van der Waals surface area contributed by atoms with Gasteiger partial charge in [0.05, 0.1) is 0 Å². The summed E-state index contributed by atoms with van der Waals surface area (Å²) in [7, 11) is 0. The largest absolute Gasteiger partial charge is 0.487 e. The van der Waals surface area contributed by atoms with Gasteiger partial charge in [0.15, 0.2) is 0 Å². The van der Waals surface area contributed by atoms with Crippen molar-refractivity contribution >= 4 is 0 Å². The monoisotopic (exact) mass is 293 g/mol. The molecule has 0 saturated carbocycles. The molecule has 118 valence electrons. The molecule has 0 aromatic heterocycles. The average molecular weight is 293 g/mol. The number of hydrogen-bond acceptors (Lipinski definition) is 2. The Labute approximate surface area is 128 Å². The Balaban J connectivity index is 2.18. The molecule has 0 bridgehead atoms. The van der Waals surface area contributed by atoms with Gasteiger partial charge in [-0.3, -0.25) is 0 Å². The first-order chi connectivity index (χ1) is 10.1. The molecule has 2 unspecified atom stereocenters. The molecule has 0 amide bonds. The quantitative estimate of drug-likeness (QED) is 0.715. The summed E-state index contributed by atoms with van der Waals surface area (Å²) in [6.07, 6.45) is 6.69. The molecular weight excluding hydrogens is 265 g/mol. The SMILES string of the molecule is CCCCCC1(C)CC(NCCC)c2cc(F)ccc2O1. The van der Waals surface area contributed by atoms with Crippen LogP contribution in [0.4, 0.5) is 4.39 Å². The van der Waals surface area contributed by atoms with Gasteiger partial charge < -0.3 is 10.1 Å². The van der Waals surface area contributed by atoms with Gasteiger partial charge in [0.1, 0.15) is 17.2 Å². The normalized spacial score (nSPS) is 24.5. The molecule has 2 nitrogen and oxygen atoms in total. The second-order valence-corrected chi connectivity index (χ2v) is 6.40. The number of rotatable bonds is 7. The molecule has 0 fully saturated rings. The van der Waals surface area contributed by atoms with Gasteiger partial charge in [-0.25, -0.2) is 4.39 Å². The zero-order valence-electron chi connectivity index (χ0n) is 13.5. The number of nitrogens with one attached hydrogen (secondary N) is 1. The van der Waals surface area contributed by atoms with Crippen molar-refractivity contribution in [3.8, 4) is 5.75 Å². The molecule has 0 aliphatic carbocycles. The second kappa shape index (κ2) is 7.26. The molecule has 1 aliphatic rings. The van der Waals surface area contributed by atoms with E-state index in [4.69, 9.17) is 4.74 Å². The Kier molecular flexibility index (Phi) is 5.63. The fraction of sp³-hybridized carbons (Fsp3) is 0.667. The number of benzene rings is 1. The van der Waals surface area contributed by atoms with Crippen molar-refractivity contribution in [3.05, 3.63) is 29.6 Å². The van der Waals surface area contributed by atoms with Crippen LogP contribution < -0.4 is 10.1 Å². The van der Waals surface area contributed by atoms with Crippen molar-refractivity contribution in [1.82, 2.24) is 5.32 Å². The summed E-state index contributed by atoms with van der Waals surface area (Å²) in [6, 6.07) is 5.08. The summed E-state index contributed by atoms with van der Waals surface area (Å²) < 4.78 is 19.8. The van der Waals surface area contributed by atoms with E-state index >= 15 is 0 Å². The Bertz CT molecular complexity index is 463. The number of halogens is 1. The molecule has 1 aliphatic heterocycles. The maximum absolute atomic E-state index is 13.5. The lowest BCUT2D eigenvalue weighted by Gasteiger charge is -2.40. The lowest BCUT2D eigenvalue weighted by Crippen LogP contribution is -2.42. The van der Waals surface area contributed by atoms with Crippen molar-refractivity contribution in [1.29, 1.82) is 0 Å². The maximum atomic E-state index is 13.5. The van der Waals surface area contributed by atoms with Crippen molar-refractivity contribution < 1.29 is 9.13 Å². The Morgan fingerprint density at radius 3 is 2.81 bits per heavy atom. The Hall–Kier alpha value is -1.09. The van der Waals surface area contributed by atoms with Crippen molar-refractivity contribution in [2.45, 2.75) is 70.9 Å². The molecule has 2 rings (SSSR count). The van der Waals surface area contributed by atoms with E-state index in [1.54, 1.807) is 12.1 Å². The van der Waals surface area contributed by atoms with Gasteiger partial charge in [0.25, 0.3) is 0 Å².